The van der Waals surface area contributed by atoms with Crippen LogP contribution in [-0.2, 0) is 10.0 Å². The van der Waals surface area contributed by atoms with Crippen molar-refractivity contribution in [1.29, 1.82) is 0 Å². The maximum Gasteiger partial charge on any atom is 0.255 e. The normalized spacial score (nSPS) is 19.6. The van der Waals surface area contributed by atoms with Gasteiger partial charge in [0.2, 0.25) is 5.17 Å². The van der Waals surface area contributed by atoms with Gasteiger partial charge < -0.3 is 0 Å². The molecule has 0 aromatic heterocycles. The Balaban J connectivity index is 2.65. The topological polar surface area (TPSA) is 73.0 Å². The van der Waals surface area contributed by atoms with Gasteiger partial charge in [0.05, 0.1) is 5.75 Å². The fraction of sp³-hybridized carbons (Fsp3) is 0.714. The van der Waals surface area contributed by atoms with Crippen LogP contribution in [0.2, 0.25) is 0 Å². The molecule has 0 amide bonds. The zero-order chi connectivity index (χ0) is 10.6. The lowest BCUT2D eigenvalue weighted by Gasteiger charge is -1.95. The predicted octanol–water partition coefficient (Wildman–Crippen LogP) is 1.16. The van der Waals surface area contributed by atoms with Gasteiger partial charge in [-0.25, -0.2) is 8.42 Å². The van der Waals surface area contributed by atoms with Gasteiger partial charge in [-0.2, -0.15) is 0 Å². The van der Waals surface area contributed by atoms with Crippen LogP contribution in [0.15, 0.2) is 9.50 Å². The van der Waals surface area contributed by atoms with Crippen molar-refractivity contribution in [3.05, 3.63) is 0 Å². The van der Waals surface area contributed by atoms with Gasteiger partial charge in [0.15, 0.2) is 0 Å². The van der Waals surface area contributed by atoms with Crippen LogP contribution >= 0.6 is 11.8 Å². The van der Waals surface area contributed by atoms with Crippen LogP contribution in [0.3, 0.4) is 0 Å². The molecule has 1 heterocycles. The Hall–Kier alpha value is -0.560. The number of hydrogen-bond acceptors (Lipinski definition) is 4. The average Bonchev–Trinajstić information content (AvgIpc) is 2.51. The summed E-state index contributed by atoms with van der Waals surface area (Å²) in [5.74, 6) is 0.0635. The van der Waals surface area contributed by atoms with Gasteiger partial charge in [-0.1, -0.05) is 13.8 Å². The van der Waals surface area contributed by atoms with Gasteiger partial charge in [-0.15, -0.1) is 14.9 Å². The fourth-order valence-corrected chi connectivity index (χ4v) is 2.74. The molecule has 0 spiro atoms. The van der Waals surface area contributed by atoms with E-state index in [0.717, 1.165) is 11.5 Å². The smallest absolute Gasteiger partial charge is 0.205 e. The van der Waals surface area contributed by atoms with Crippen molar-refractivity contribution in [3.8, 4) is 0 Å². The second-order valence-electron chi connectivity index (χ2n) is 2.71. The van der Waals surface area contributed by atoms with E-state index in [4.69, 9.17) is 0 Å². The summed E-state index contributed by atoms with van der Waals surface area (Å²) in [5.41, 5.74) is 3.68. The summed E-state index contributed by atoms with van der Waals surface area (Å²) >= 11 is 1.22. The minimum absolute atomic E-state index is 0.0635. The van der Waals surface area contributed by atoms with Crippen LogP contribution in [0.25, 0.3) is 0 Å². The summed E-state index contributed by atoms with van der Waals surface area (Å²) in [5, 5.41) is 4.82. The number of sulfonamides is 1. The Labute approximate surface area is 88.1 Å². The maximum absolute atomic E-state index is 11.3. The van der Waals surface area contributed by atoms with E-state index in [-0.39, 0.29) is 10.9 Å². The Morgan fingerprint density at radius 3 is 2.64 bits per heavy atom. The number of nitrogens with zero attached hydrogens (tertiary/aromatic N) is 3. The highest BCUT2D eigenvalue weighted by Gasteiger charge is 2.18. The lowest BCUT2D eigenvalue weighted by Crippen LogP contribution is -2.08. The molecule has 0 fully saturated rings. The van der Waals surface area contributed by atoms with E-state index >= 15 is 0 Å². The van der Waals surface area contributed by atoms with E-state index in [1.165, 1.54) is 11.8 Å². The Morgan fingerprint density at radius 2 is 2.14 bits per heavy atom. The molecule has 79 valence electrons. The minimum atomic E-state index is -3.35. The van der Waals surface area contributed by atoms with Crippen molar-refractivity contribution in [2.45, 2.75) is 26.7 Å². The van der Waals surface area contributed by atoms with E-state index in [1.807, 2.05) is 6.92 Å². The fourth-order valence-electron chi connectivity index (χ4n) is 0.847. The molecule has 1 aliphatic heterocycles. The molecule has 5 nitrogen and oxygen atoms in total. The van der Waals surface area contributed by atoms with Gasteiger partial charge in [0.1, 0.15) is 5.04 Å². The first-order valence-corrected chi connectivity index (χ1v) is 6.78. The third-order valence-electron chi connectivity index (χ3n) is 1.44. The molecule has 1 aliphatic rings. The SMILES string of the molecule is CCCS(=O)(=O)N=C1[N]N=C(CC)S1. The quantitative estimate of drug-likeness (QED) is 0.732. The number of hydrogen-bond donors (Lipinski definition) is 0. The van der Waals surface area contributed by atoms with E-state index < -0.39 is 10.0 Å². The molecule has 0 unspecified atom stereocenters. The third-order valence-corrected chi connectivity index (χ3v) is 3.89. The molecule has 7 heteroatoms. The Bertz CT molecular complexity index is 359. The Morgan fingerprint density at radius 1 is 1.43 bits per heavy atom. The van der Waals surface area contributed by atoms with Crippen LogP contribution in [0.1, 0.15) is 26.7 Å². The zero-order valence-corrected chi connectivity index (χ0v) is 9.73. The van der Waals surface area contributed by atoms with Crippen molar-refractivity contribution >= 4 is 32.0 Å². The zero-order valence-electron chi connectivity index (χ0n) is 8.10. The van der Waals surface area contributed by atoms with Crippen LogP contribution < -0.4 is 5.43 Å². The molecule has 0 aromatic carbocycles. The van der Waals surface area contributed by atoms with Crippen LogP contribution in [0.4, 0.5) is 0 Å². The highest BCUT2D eigenvalue weighted by atomic mass is 32.2. The predicted molar refractivity (Wildman–Crippen MR) is 59.0 cm³/mol. The van der Waals surface area contributed by atoms with Crippen molar-refractivity contribution in [3.63, 3.8) is 0 Å². The molecule has 0 atom stereocenters. The molecule has 0 saturated carbocycles. The highest BCUT2D eigenvalue weighted by molar-refractivity contribution is 8.27. The van der Waals surface area contributed by atoms with Crippen molar-refractivity contribution in [1.82, 2.24) is 5.43 Å². The van der Waals surface area contributed by atoms with E-state index in [0.29, 0.717) is 6.42 Å². The van der Waals surface area contributed by atoms with Gasteiger partial charge in [0.25, 0.3) is 10.0 Å². The molecule has 0 aromatic rings. The van der Waals surface area contributed by atoms with Crippen molar-refractivity contribution < 1.29 is 8.42 Å². The summed E-state index contributed by atoms with van der Waals surface area (Å²) < 4.78 is 26.1. The number of amidine groups is 1. The monoisotopic (exact) mass is 234 g/mol. The molecule has 0 N–H and O–H groups in total. The van der Waals surface area contributed by atoms with Gasteiger partial charge in [-0.3, -0.25) is 0 Å². The summed E-state index contributed by atoms with van der Waals surface area (Å²) in [6, 6.07) is 0. The molecule has 14 heavy (non-hydrogen) atoms. The lowest BCUT2D eigenvalue weighted by molar-refractivity contribution is 0.596. The first-order chi connectivity index (χ1) is 6.57. The molecule has 0 saturated heterocycles. The van der Waals surface area contributed by atoms with Crippen LogP contribution in [0, 0.1) is 0 Å². The second-order valence-corrected chi connectivity index (χ2v) is 5.50. The van der Waals surface area contributed by atoms with Gasteiger partial charge >= 0.3 is 0 Å². The molecule has 0 bridgehead atoms. The van der Waals surface area contributed by atoms with Gasteiger partial charge in [0, 0.05) is 0 Å². The first-order valence-electron chi connectivity index (χ1n) is 4.35. The second kappa shape index (κ2) is 4.79. The van der Waals surface area contributed by atoms with E-state index in [1.54, 1.807) is 6.92 Å². The molecular weight excluding hydrogens is 222 g/mol. The first kappa shape index (κ1) is 11.5. The number of rotatable bonds is 4. The maximum atomic E-state index is 11.3. The van der Waals surface area contributed by atoms with Crippen molar-refractivity contribution in [2.24, 2.45) is 9.50 Å². The van der Waals surface area contributed by atoms with Crippen molar-refractivity contribution in [2.75, 3.05) is 5.75 Å². The minimum Gasteiger partial charge on any atom is -0.205 e. The largest absolute Gasteiger partial charge is 0.255 e. The molecule has 1 rings (SSSR count). The van der Waals surface area contributed by atoms with E-state index in [9.17, 15) is 8.42 Å². The molecule has 1 radical (unpaired) electrons. The molecule has 0 aliphatic carbocycles. The molecular formula is C7H12N3O2S2. The average molecular weight is 234 g/mol. The highest BCUT2D eigenvalue weighted by Crippen LogP contribution is 2.16. The number of thioether (sulfide) groups is 1. The summed E-state index contributed by atoms with van der Waals surface area (Å²) in [6.45, 7) is 3.73. The third kappa shape index (κ3) is 3.30. The van der Waals surface area contributed by atoms with Crippen LogP contribution in [-0.4, -0.2) is 24.4 Å². The van der Waals surface area contributed by atoms with Crippen LogP contribution in [0.5, 0.6) is 0 Å². The summed E-state index contributed by atoms with van der Waals surface area (Å²) in [4.78, 5) is 0. The summed E-state index contributed by atoms with van der Waals surface area (Å²) in [7, 11) is -3.35. The lowest BCUT2D eigenvalue weighted by atomic mass is 10.5. The van der Waals surface area contributed by atoms with Gasteiger partial charge in [-0.05, 0) is 24.6 Å². The standard InChI is InChI=1S/C7H12N3O2S2/c1-3-5-14(11,12)10-7-9-8-6(4-2)13-7/h3-5H2,1-2H3. The Kier molecular flexibility index (Phi) is 3.94. The van der Waals surface area contributed by atoms with E-state index in [2.05, 4.69) is 14.9 Å². The summed E-state index contributed by atoms with van der Waals surface area (Å²) in [6.07, 6.45) is 1.31.